The molecule has 0 aromatic heterocycles. The van der Waals surface area contributed by atoms with Crippen molar-refractivity contribution in [3.63, 3.8) is 0 Å². The average molecular weight is 284 g/mol. The standard InChI is InChI=1S/C15H15F3O2/c16-15(17,18)20-14-3-1-9(2-4-14)10-5-11-7-13(19)8-12(11)6-10/h1-4,10-12H,5-8H2/t10?,11-,12+. The molecule has 2 fully saturated rings. The van der Waals surface area contributed by atoms with E-state index in [1.807, 2.05) is 0 Å². The zero-order chi connectivity index (χ0) is 14.3. The van der Waals surface area contributed by atoms with Crippen LogP contribution < -0.4 is 4.74 Å². The zero-order valence-electron chi connectivity index (χ0n) is 10.8. The molecule has 2 aliphatic carbocycles. The number of alkyl halides is 3. The molecule has 1 unspecified atom stereocenters. The summed E-state index contributed by atoms with van der Waals surface area (Å²) in [5.41, 5.74) is 1.04. The minimum absolute atomic E-state index is 0.186. The van der Waals surface area contributed by atoms with Gasteiger partial charge in [-0.2, -0.15) is 0 Å². The van der Waals surface area contributed by atoms with Crippen molar-refractivity contribution < 1.29 is 22.7 Å². The highest BCUT2D eigenvalue weighted by Crippen LogP contribution is 2.49. The quantitative estimate of drug-likeness (QED) is 0.818. The van der Waals surface area contributed by atoms with E-state index in [4.69, 9.17) is 0 Å². The first kappa shape index (κ1) is 13.5. The SMILES string of the molecule is O=C1C[C@@H]2CC(c3ccc(OC(F)(F)F)cc3)C[C@@H]2C1. The molecule has 0 saturated heterocycles. The van der Waals surface area contributed by atoms with Crippen LogP contribution in [-0.2, 0) is 4.79 Å². The predicted molar refractivity (Wildman–Crippen MR) is 66.3 cm³/mol. The molecule has 0 bridgehead atoms. The summed E-state index contributed by atoms with van der Waals surface area (Å²) < 4.78 is 40.1. The average Bonchev–Trinajstić information content (AvgIpc) is 2.84. The molecule has 2 nitrogen and oxygen atoms in total. The van der Waals surface area contributed by atoms with E-state index < -0.39 is 6.36 Å². The van der Waals surface area contributed by atoms with Crippen molar-refractivity contribution in [3.8, 4) is 5.75 Å². The molecule has 3 atom stereocenters. The first-order valence-electron chi connectivity index (χ1n) is 6.78. The molecule has 3 rings (SSSR count). The summed E-state index contributed by atoms with van der Waals surface area (Å²) in [6.07, 6.45) is -1.36. The summed E-state index contributed by atoms with van der Waals surface area (Å²) in [5.74, 6) is 1.47. The number of rotatable bonds is 2. The number of benzene rings is 1. The molecule has 20 heavy (non-hydrogen) atoms. The lowest BCUT2D eigenvalue weighted by Gasteiger charge is -2.13. The molecule has 0 N–H and O–H groups in total. The van der Waals surface area contributed by atoms with Crippen LogP contribution in [-0.4, -0.2) is 12.1 Å². The third-order valence-corrected chi connectivity index (χ3v) is 4.41. The smallest absolute Gasteiger partial charge is 0.406 e. The molecular formula is C15H15F3O2. The Kier molecular flexibility index (Phi) is 3.22. The van der Waals surface area contributed by atoms with Crippen molar-refractivity contribution in [3.05, 3.63) is 29.8 Å². The highest BCUT2D eigenvalue weighted by Gasteiger charge is 2.41. The van der Waals surface area contributed by atoms with Crippen molar-refractivity contribution in [2.45, 2.75) is 38.0 Å². The molecular weight excluding hydrogens is 269 g/mol. The van der Waals surface area contributed by atoms with Gasteiger partial charge in [-0.15, -0.1) is 13.2 Å². The van der Waals surface area contributed by atoms with Crippen LogP contribution in [0.3, 0.4) is 0 Å². The molecule has 0 amide bonds. The van der Waals surface area contributed by atoms with Gasteiger partial charge < -0.3 is 4.74 Å². The number of hydrogen-bond donors (Lipinski definition) is 0. The van der Waals surface area contributed by atoms with E-state index in [1.54, 1.807) is 12.1 Å². The molecule has 2 aliphatic rings. The number of carbonyl (C=O) groups is 1. The molecule has 1 aromatic rings. The van der Waals surface area contributed by atoms with Crippen LogP contribution in [0.4, 0.5) is 13.2 Å². The van der Waals surface area contributed by atoms with Gasteiger partial charge in [-0.3, -0.25) is 4.79 Å². The Labute approximate surface area is 114 Å². The lowest BCUT2D eigenvalue weighted by atomic mass is 9.94. The summed E-state index contributed by atoms with van der Waals surface area (Å²) in [6, 6.07) is 6.13. The van der Waals surface area contributed by atoms with E-state index in [0.717, 1.165) is 18.4 Å². The van der Waals surface area contributed by atoms with Gasteiger partial charge in [-0.25, -0.2) is 0 Å². The number of fused-ring (bicyclic) bond motifs is 1. The van der Waals surface area contributed by atoms with Crippen LogP contribution in [0.1, 0.15) is 37.2 Å². The molecule has 0 spiro atoms. The number of Topliss-reactive ketones (excluding diaryl/α,β-unsaturated/α-hetero) is 1. The normalized spacial score (nSPS) is 29.6. The summed E-state index contributed by atoms with van der Waals surface area (Å²) in [4.78, 5) is 11.4. The maximum Gasteiger partial charge on any atom is 0.573 e. The Hall–Kier alpha value is -1.52. The predicted octanol–water partition coefficient (Wildman–Crippen LogP) is 4.06. The van der Waals surface area contributed by atoms with Crippen LogP contribution in [0, 0.1) is 11.8 Å². The molecule has 0 radical (unpaired) electrons. The molecule has 5 heteroatoms. The van der Waals surface area contributed by atoms with E-state index in [0.29, 0.717) is 36.4 Å². The van der Waals surface area contributed by atoms with E-state index in [1.165, 1.54) is 12.1 Å². The Morgan fingerprint density at radius 2 is 1.55 bits per heavy atom. The van der Waals surface area contributed by atoms with E-state index in [-0.39, 0.29) is 5.75 Å². The molecule has 0 heterocycles. The molecule has 2 saturated carbocycles. The largest absolute Gasteiger partial charge is 0.573 e. The molecule has 0 aliphatic heterocycles. The second kappa shape index (κ2) is 4.79. The minimum atomic E-state index is -4.65. The van der Waals surface area contributed by atoms with Crippen LogP contribution >= 0.6 is 0 Å². The first-order chi connectivity index (χ1) is 9.40. The van der Waals surface area contributed by atoms with Crippen molar-refractivity contribution in [2.75, 3.05) is 0 Å². The van der Waals surface area contributed by atoms with Crippen molar-refractivity contribution in [1.82, 2.24) is 0 Å². The number of halogens is 3. The summed E-state index contributed by atoms with van der Waals surface area (Å²) in [6.45, 7) is 0. The maximum absolute atomic E-state index is 12.1. The Morgan fingerprint density at radius 3 is 2.05 bits per heavy atom. The Bertz CT molecular complexity index is 491. The highest BCUT2D eigenvalue weighted by atomic mass is 19.4. The fourth-order valence-electron chi connectivity index (χ4n) is 3.59. The van der Waals surface area contributed by atoms with Gasteiger partial charge in [0.2, 0.25) is 0 Å². The third kappa shape index (κ3) is 2.81. The fraction of sp³-hybridized carbons (Fsp3) is 0.533. The number of carbonyl (C=O) groups excluding carboxylic acids is 1. The van der Waals surface area contributed by atoms with Gasteiger partial charge in [0.05, 0.1) is 0 Å². The fourth-order valence-corrected chi connectivity index (χ4v) is 3.59. The van der Waals surface area contributed by atoms with Gasteiger partial charge >= 0.3 is 6.36 Å². The minimum Gasteiger partial charge on any atom is -0.406 e. The summed E-state index contributed by atoms with van der Waals surface area (Å²) in [5, 5.41) is 0. The van der Waals surface area contributed by atoms with Gasteiger partial charge in [0, 0.05) is 12.8 Å². The Balaban J connectivity index is 1.66. The van der Waals surface area contributed by atoms with Crippen LogP contribution in [0.25, 0.3) is 0 Å². The second-order valence-electron chi connectivity index (χ2n) is 5.75. The van der Waals surface area contributed by atoms with Crippen molar-refractivity contribution in [2.24, 2.45) is 11.8 Å². The summed E-state index contributed by atoms with van der Waals surface area (Å²) >= 11 is 0. The van der Waals surface area contributed by atoms with Crippen LogP contribution in [0.15, 0.2) is 24.3 Å². The topological polar surface area (TPSA) is 26.3 Å². The summed E-state index contributed by atoms with van der Waals surface area (Å²) in [7, 11) is 0. The lowest BCUT2D eigenvalue weighted by molar-refractivity contribution is -0.274. The number of hydrogen-bond acceptors (Lipinski definition) is 2. The van der Waals surface area contributed by atoms with E-state index in [9.17, 15) is 18.0 Å². The van der Waals surface area contributed by atoms with E-state index in [2.05, 4.69) is 4.74 Å². The Morgan fingerprint density at radius 1 is 1.00 bits per heavy atom. The third-order valence-electron chi connectivity index (χ3n) is 4.41. The number of ether oxygens (including phenoxy) is 1. The van der Waals surface area contributed by atoms with Crippen molar-refractivity contribution in [1.29, 1.82) is 0 Å². The maximum atomic E-state index is 12.1. The van der Waals surface area contributed by atoms with Gasteiger partial charge in [0.15, 0.2) is 0 Å². The number of ketones is 1. The van der Waals surface area contributed by atoms with Crippen LogP contribution in [0.2, 0.25) is 0 Å². The highest BCUT2D eigenvalue weighted by molar-refractivity contribution is 5.81. The monoisotopic (exact) mass is 284 g/mol. The lowest BCUT2D eigenvalue weighted by Crippen LogP contribution is -2.17. The van der Waals surface area contributed by atoms with Crippen LogP contribution in [0.5, 0.6) is 5.75 Å². The van der Waals surface area contributed by atoms with Gasteiger partial charge in [-0.1, -0.05) is 12.1 Å². The van der Waals surface area contributed by atoms with Gasteiger partial charge in [0.25, 0.3) is 0 Å². The first-order valence-corrected chi connectivity index (χ1v) is 6.78. The van der Waals surface area contributed by atoms with Gasteiger partial charge in [-0.05, 0) is 48.3 Å². The van der Waals surface area contributed by atoms with Gasteiger partial charge in [0.1, 0.15) is 11.5 Å². The van der Waals surface area contributed by atoms with E-state index >= 15 is 0 Å². The molecule has 108 valence electrons. The van der Waals surface area contributed by atoms with Crippen molar-refractivity contribution >= 4 is 5.78 Å². The zero-order valence-corrected chi connectivity index (χ0v) is 10.8. The molecule has 1 aromatic carbocycles. The second-order valence-corrected chi connectivity index (χ2v) is 5.75.